The number of allylic oxidation sites excluding steroid dienone is 1. The average molecular weight is 474 g/mol. The lowest BCUT2D eigenvalue weighted by atomic mass is 9.86. The molecule has 0 aliphatic heterocycles. The van der Waals surface area contributed by atoms with Crippen LogP contribution in [0, 0.1) is 11.6 Å². The molecule has 176 valence electrons. The Hall–Kier alpha value is -4.33. The van der Waals surface area contributed by atoms with Gasteiger partial charge in [0.15, 0.2) is 6.61 Å². The second-order valence-electron chi connectivity index (χ2n) is 8.12. The van der Waals surface area contributed by atoms with E-state index in [1.54, 1.807) is 24.5 Å². The summed E-state index contributed by atoms with van der Waals surface area (Å²) < 4.78 is 37.7. The van der Waals surface area contributed by atoms with Crippen molar-refractivity contribution in [3.8, 4) is 0 Å². The number of esters is 1. The first-order valence-electron chi connectivity index (χ1n) is 11.1. The summed E-state index contributed by atoms with van der Waals surface area (Å²) in [6.45, 7) is -0.629. The van der Waals surface area contributed by atoms with E-state index in [1.165, 1.54) is 0 Å². The number of benzene rings is 2. The summed E-state index contributed by atoms with van der Waals surface area (Å²) in [5.74, 6) is -2.41. The van der Waals surface area contributed by atoms with Crippen LogP contribution in [-0.4, -0.2) is 23.5 Å². The number of carbonyl (C=O) groups excluding carboxylic acids is 2. The topological polar surface area (TPSA) is 81.4 Å². The molecule has 8 heteroatoms. The van der Waals surface area contributed by atoms with Crippen LogP contribution in [0.4, 0.5) is 14.5 Å². The third-order valence-electron chi connectivity index (χ3n) is 5.77. The third kappa shape index (κ3) is 4.68. The normalized spacial score (nSPS) is 14.1. The molecular weight excluding hydrogens is 454 g/mol. The van der Waals surface area contributed by atoms with E-state index < -0.39 is 30.1 Å². The number of nitrogens with zero attached hydrogens (tertiary/aromatic N) is 1. The fourth-order valence-electron chi connectivity index (χ4n) is 4.23. The Labute approximate surface area is 199 Å². The standard InChI is InChI=1S/C27H20F2N2O4/c28-17-10-11-23(21(29)14-17)30-24(32)15-35-27(33)25-19-7-1-2-9-22(19)31-26-16(5-3-8-20(25)26)13-18-6-4-12-34-18/h1-2,4,6-7,9-14H,3,5,8,15H2,(H,30,32)/b16-13+. The fourth-order valence-corrected chi connectivity index (χ4v) is 4.23. The highest BCUT2D eigenvalue weighted by atomic mass is 19.1. The molecule has 1 N–H and O–H groups in total. The molecule has 0 saturated heterocycles. The molecule has 5 rings (SSSR count). The van der Waals surface area contributed by atoms with Gasteiger partial charge >= 0.3 is 5.97 Å². The maximum absolute atomic E-state index is 13.8. The largest absolute Gasteiger partial charge is 0.465 e. The van der Waals surface area contributed by atoms with Crippen molar-refractivity contribution in [2.75, 3.05) is 11.9 Å². The number of rotatable bonds is 5. The first kappa shape index (κ1) is 22.5. The smallest absolute Gasteiger partial charge is 0.339 e. The van der Waals surface area contributed by atoms with Gasteiger partial charge in [-0.1, -0.05) is 18.2 Å². The minimum Gasteiger partial charge on any atom is -0.465 e. The van der Waals surface area contributed by atoms with Crippen molar-refractivity contribution in [1.29, 1.82) is 0 Å². The number of furan rings is 1. The highest BCUT2D eigenvalue weighted by molar-refractivity contribution is 6.07. The molecule has 1 amide bonds. The number of para-hydroxylation sites is 1. The van der Waals surface area contributed by atoms with Gasteiger partial charge in [-0.25, -0.2) is 18.6 Å². The lowest BCUT2D eigenvalue weighted by Crippen LogP contribution is -2.23. The van der Waals surface area contributed by atoms with Crippen LogP contribution in [0.2, 0.25) is 0 Å². The molecular formula is C27H20F2N2O4. The van der Waals surface area contributed by atoms with Gasteiger partial charge in [0.2, 0.25) is 0 Å². The van der Waals surface area contributed by atoms with Crippen molar-refractivity contribution in [1.82, 2.24) is 4.98 Å². The number of hydrogen-bond donors (Lipinski definition) is 1. The van der Waals surface area contributed by atoms with Gasteiger partial charge < -0.3 is 14.5 Å². The number of ether oxygens (including phenoxy) is 1. The summed E-state index contributed by atoms with van der Waals surface area (Å²) in [6, 6.07) is 13.7. The van der Waals surface area contributed by atoms with Crippen molar-refractivity contribution >= 4 is 40.1 Å². The number of halogens is 2. The molecule has 4 aromatic rings. The van der Waals surface area contributed by atoms with Crippen molar-refractivity contribution in [3.05, 3.63) is 95.1 Å². The Bertz CT molecular complexity index is 1460. The number of pyridine rings is 1. The van der Waals surface area contributed by atoms with Gasteiger partial charge in [-0.3, -0.25) is 4.79 Å². The SMILES string of the molecule is O=C(COC(=O)c1c2c(nc3ccccc13)/C(=C/c1ccco1)CCC2)Nc1ccc(F)cc1F. The molecule has 0 saturated carbocycles. The third-order valence-corrected chi connectivity index (χ3v) is 5.77. The summed E-state index contributed by atoms with van der Waals surface area (Å²) in [7, 11) is 0. The van der Waals surface area contributed by atoms with E-state index >= 15 is 0 Å². The zero-order chi connectivity index (χ0) is 24.4. The van der Waals surface area contributed by atoms with Gasteiger partial charge in [0.25, 0.3) is 5.91 Å². The van der Waals surface area contributed by atoms with Crippen molar-refractivity contribution in [2.24, 2.45) is 0 Å². The van der Waals surface area contributed by atoms with Crippen molar-refractivity contribution < 1.29 is 27.5 Å². The highest BCUT2D eigenvalue weighted by Crippen LogP contribution is 2.36. The molecule has 1 aliphatic rings. The lowest BCUT2D eigenvalue weighted by Gasteiger charge is -2.22. The van der Waals surface area contributed by atoms with Crippen LogP contribution in [0.5, 0.6) is 0 Å². The van der Waals surface area contributed by atoms with E-state index in [-0.39, 0.29) is 5.69 Å². The minimum atomic E-state index is -0.922. The molecule has 0 unspecified atom stereocenters. The predicted molar refractivity (Wildman–Crippen MR) is 127 cm³/mol. The van der Waals surface area contributed by atoms with Crippen LogP contribution in [0.15, 0.2) is 65.3 Å². The van der Waals surface area contributed by atoms with Gasteiger partial charge in [-0.05, 0) is 66.8 Å². The molecule has 6 nitrogen and oxygen atoms in total. The summed E-state index contributed by atoms with van der Waals surface area (Å²) in [5.41, 5.74) is 3.19. The van der Waals surface area contributed by atoms with Gasteiger partial charge in [0, 0.05) is 11.5 Å². The molecule has 0 atom stereocenters. The summed E-state index contributed by atoms with van der Waals surface area (Å²) >= 11 is 0. The minimum absolute atomic E-state index is 0.202. The summed E-state index contributed by atoms with van der Waals surface area (Å²) in [5, 5.41) is 2.91. The fraction of sp³-hybridized carbons (Fsp3) is 0.148. The van der Waals surface area contributed by atoms with E-state index in [0.717, 1.165) is 36.1 Å². The molecule has 2 aromatic carbocycles. The van der Waals surface area contributed by atoms with Crippen LogP contribution in [0.1, 0.15) is 40.2 Å². The molecule has 2 aromatic heterocycles. The predicted octanol–water partition coefficient (Wildman–Crippen LogP) is 5.78. The number of anilines is 1. The Kier molecular flexibility index (Phi) is 6.10. The molecule has 1 aliphatic carbocycles. The average Bonchev–Trinajstić information content (AvgIpc) is 3.36. The molecule has 35 heavy (non-hydrogen) atoms. The zero-order valence-corrected chi connectivity index (χ0v) is 18.5. The molecule has 2 heterocycles. The van der Waals surface area contributed by atoms with Crippen LogP contribution >= 0.6 is 0 Å². The molecule has 0 spiro atoms. The first-order valence-corrected chi connectivity index (χ1v) is 11.1. The van der Waals surface area contributed by atoms with E-state index in [1.807, 2.05) is 24.3 Å². The highest BCUT2D eigenvalue weighted by Gasteiger charge is 2.26. The van der Waals surface area contributed by atoms with Gasteiger partial charge in [-0.2, -0.15) is 0 Å². The van der Waals surface area contributed by atoms with E-state index in [2.05, 4.69) is 5.32 Å². The maximum Gasteiger partial charge on any atom is 0.339 e. The Morgan fingerprint density at radius 1 is 1.09 bits per heavy atom. The van der Waals surface area contributed by atoms with Gasteiger partial charge in [0.1, 0.15) is 17.4 Å². The number of fused-ring (bicyclic) bond motifs is 2. The van der Waals surface area contributed by atoms with E-state index in [0.29, 0.717) is 40.4 Å². The van der Waals surface area contributed by atoms with Gasteiger partial charge in [0.05, 0.1) is 28.7 Å². The number of amides is 1. The van der Waals surface area contributed by atoms with Crippen LogP contribution in [0.25, 0.3) is 22.6 Å². The van der Waals surface area contributed by atoms with E-state index in [9.17, 15) is 18.4 Å². The summed E-state index contributed by atoms with van der Waals surface area (Å²) in [6.07, 6.45) is 5.72. The maximum atomic E-state index is 13.8. The van der Waals surface area contributed by atoms with Crippen molar-refractivity contribution in [2.45, 2.75) is 19.3 Å². The molecule has 0 fully saturated rings. The van der Waals surface area contributed by atoms with Gasteiger partial charge in [-0.15, -0.1) is 0 Å². The van der Waals surface area contributed by atoms with Crippen LogP contribution < -0.4 is 5.32 Å². The van der Waals surface area contributed by atoms with Crippen molar-refractivity contribution in [3.63, 3.8) is 0 Å². The number of carbonyl (C=O) groups is 2. The Balaban J connectivity index is 1.44. The second kappa shape index (κ2) is 9.50. The second-order valence-corrected chi connectivity index (χ2v) is 8.12. The first-order chi connectivity index (χ1) is 17.0. The lowest BCUT2D eigenvalue weighted by molar-refractivity contribution is -0.119. The molecule has 0 radical (unpaired) electrons. The monoisotopic (exact) mass is 474 g/mol. The van der Waals surface area contributed by atoms with Crippen LogP contribution in [0.3, 0.4) is 0 Å². The zero-order valence-electron chi connectivity index (χ0n) is 18.5. The summed E-state index contributed by atoms with van der Waals surface area (Å²) in [4.78, 5) is 30.3. The van der Waals surface area contributed by atoms with Crippen LogP contribution in [-0.2, 0) is 16.0 Å². The number of nitrogens with one attached hydrogen (secondary N) is 1. The number of hydrogen-bond acceptors (Lipinski definition) is 5. The Morgan fingerprint density at radius 2 is 1.94 bits per heavy atom. The molecule has 0 bridgehead atoms. The van der Waals surface area contributed by atoms with E-state index in [4.69, 9.17) is 14.1 Å². The number of aromatic nitrogens is 1. The Morgan fingerprint density at radius 3 is 2.74 bits per heavy atom. The quantitative estimate of drug-likeness (QED) is 0.371.